The number of nitrogens with zero attached hydrogens (tertiary/aromatic N) is 3. The van der Waals surface area contributed by atoms with Gasteiger partial charge in [-0.1, -0.05) is 12.1 Å². The maximum absolute atomic E-state index is 15.7. The zero-order chi connectivity index (χ0) is 24.5. The van der Waals surface area contributed by atoms with Crippen molar-refractivity contribution < 1.29 is 27.1 Å². The summed E-state index contributed by atoms with van der Waals surface area (Å²) >= 11 is 0. The van der Waals surface area contributed by atoms with E-state index in [0.717, 1.165) is 10.6 Å². The van der Waals surface area contributed by atoms with Crippen LogP contribution in [0.2, 0.25) is 0 Å². The molecule has 0 spiro atoms. The predicted molar refractivity (Wildman–Crippen MR) is 124 cm³/mol. The first-order valence-electron chi connectivity index (χ1n) is 10.1. The SMILES string of the molecule is CNC(=O)N1N=C(c2ccc(N(C)S(C)(=O)=O)cc2)c2c(cc(OC)c(OC)c2F)CC1C. The molecular formula is C22H27FN4O5S. The van der Waals surface area contributed by atoms with Gasteiger partial charge in [-0.25, -0.2) is 22.6 Å². The van der Waals surface area contributed by atoms with E-state index in [9.17, 15) is 13.2 Å². The maximum Gasteiger partial charge on any atom is 0.337 e. The Balaban J connectivity index is 2.25. The van der Waals surface area contributed by atoms with Gasteiger partial charge in [-0.2, -0.15) is 5.10 Å². The Labute approximate surface area is 192 Å². The van der Waals surface area contributed by atoms with E-state index in [2.05, 4.69) is 10.4 Å². The molecule has 0 radical (unpaired) electrons. The van der Waals surface area contributed by atoms with E-state index in [1.807, 2.05) is 6.92 Å². The van der Waals surface area contributed by atoms with Crippen molar-refractivity contribution in [1.82, 2.24) is 10.3 Å². The number of amides is 2. The zero-order valence-corrected chi connectivity index (χ0v) is 20.2. The second-order valence-corrected chi connectivity index (χ2v) is 9.65. The average molecular weight is 479 g/mol. The summed E-state index contributed by atoms with van der Waals surface area (Å²) in [5, 5.41) is 8.35. The van der Waals surface area contributed by atoms with Gasteiger partial charge in [0.25, 0.3) is 0 Å². The minimum Gasteiger partial charge on any atom is -0.493 e. The van der Waals surface area contributed by atoms with Crippen molar-refractivity contribution >= 4 is 27.5 Å². The molecule has 1 N–H and O–H groups in total. The first-order chi connectivity index (χ1) is 15.5. The third kappa shape index (κ3) is 4.58. The van der Waals surface area contributed by atoms with Gasteiger partial charge in [0, 0.05) is 25.2 Å². The molecule has 0 saturated carbocycles. The lowest BCUT2D eigenvalue weighted by Gasteiger charge is -2.22. The summed E-state index contributed by atoms with van der Waals surface area (Å²) in [5.41, 5.74) is 1.93. The normalized spacial score (nSPS) is 15.8. The Hall–Kier alpha value is -3.34. The number of sulfonamides is 1. The number of carbonyl (C=O) groups excluding carboxylic acids is 1. The molecule has 0 aromatic heterocycles. The summed E-state index contributed by atoms with van der Waals surface area (Å²) in [7, 11) is 2.25. The van der Waals surface area contributed by atoms with Crippen LogP contribution in [-0.4, -0.2) is 65.8 Å². The standard InChI is InChI=1S/C22H27FN4O5S/c1-13-11-15-12-17(31-4)21(32-5)19(23)18(15)20(25-27(13)22(28)24-2)14-7-9-16(10-8-14)26(3)33(6,29)30/h7-10,12-13H,11H2,1-6H3,(H,24,28). The molecule has 9 nitrogen and oxygen atoms in total. The van der Waals surface area contributed by atoms with Gasteiger partial charge < -0.3 is 14.8 Å². The number of hydrogen-bond acceptors (Lipinski definition) is 6. The third-order valence-electron chi connectivity index (χ3n) is 5.49. The first kappa shape index (κ1) is 24.3. The van der Waals surface area contributed by atoms with E-state index >= 15 is 4.39 Å². The highest BCUT2D eigenvalue weighted by molar-refractivity contribution is 7.92. The molecule has 11 heteroatoms. The fourth-order valence-corrected chi connectivity index (χ4v) is 4.17. The van der Waals surface area contributed by atoms with Gasteiger partial charge in [-0.05, 0) is 37.1 Å². The van der Waals surface area contributed by atoms with Crippen LogP contribution >= 0.6 is 0 Å². The van der Waals surface area contributed by atoms with Gasteiger partial charge in [0.1, 0.15) is 5.71 Å². The van der Waals surface area contributed by atoms with Crippen molar-refractivity contribution in [3.05, 3.63) is 52.8 Å². The number of ether oxygens (including phenoxy) is 2. The monoisotopic (exact) mass is 478 g/mol. The van der Waals surface area contributed by atoms with E-state index in [4.69, 9.17) is 9.47 Å². The van der Waals surface area contributed by atoms with Crippen molar-refractivity contribution in [3.8, 4) is 11.5 Å². The van der Waals surface area contributed by atoms with Crippen molar-refractivity contribution in [2.45, 2.75) is 19.4 Å². The number of hydrogen-bond donors (Lipinski definition) is 1. The maximum atomic E-state index is 15.7. The van der Waals surface area contributed by atoms with Gasteiger partial charge in [0.2, 0.25) is 10.0 Å². The van der Waals surface area contributed by atoms with E-state index in [-0.39, 0.29) is 28.8 Å². The Bertz CT molecular complexity index is 1200. The molecule has 1 unspecified atom stereocenters. The van der Waals surface area contributed by atoms with Gasteiger partial charge >= 0.3 is 6.03 Å². The smallest absolute Gasteiger partial charge is 0.337 e. The van der Waals surface area contributed by atoms with Crippen molar-refractivity contribution in [2.24, 2.45) is 5.10 Å². The predicted octanol–water partition coefficient (Wildman–Crippen LogP) is 2.58. The van der Waals surface area contributed by atoms with Gasteiger partial charge in [-0.15, -0.1) is 0 Å². The number of hydrazone groups is 1. The van der Waals surface area contributed by atoms with Crippen molar-refractivity contribution in [2.75, 3.05) is 38.9 Å². The van der Waals surface area contributed by atoms with E-state index in [0.29, 0.717) is 23.2 Å². The lowest BCUT2D eigenvalue weighted by molar-refractivity contribution is 0.184. The Morgan fingerprint density at radius 2 is 1.88 bits per heavy atom. The molecule has 1 atom stereocenters. The summed E-state index contributed by atoms with van der Waals surface area (Å²) in [6.07, 6.45) is 1.42. The zero-order valence-electron chi connectivity index (χ0n) is 19.3. The Kier molecular flexibility index (Phi) is 6.82. The van der Waals surface area contributed by atoms with Crippen LogP contribution in [0.3, 0.4) is 0 Å². The minimum atomic E-state index is -3.45. The van der Waals surface area contributed by atoms with Crippen molar-refractivity contribution in [1.29, 1.82) is 0 Å². The first-order valence-corrected chi connectivity index (χ1v) is 12.0. The highest BCUT2D eigenvalue weighted by Crippen LogP contribution is 2.38. The molecule has 1 aliphatic heterocycles. The number of rotatable bonds is 5. The molecule has 3 rings (SSSR count). The third-order valence-corrected chi connectivity index (χ3v) is 6.70. The highest BCUT2D eigenvalue weighted by Gasteiger charge is 2.32. The van der Waals surface area contributed by atoms with Crippen LogP contribution in [0, 0.1) is 5.82 Å². The van der Waals surface area contributed by atoms with E-state index < -0.39 is 21.9 Å². The van der Waals surface area contributed by atoms with Crippen LogP contribution in [0.1, 0.15) is 23.6 Å². The molecule has 2 amide bonds. The molecule has 1 aliphatic rings. The molecule has 0 aliphatic carbocycles. The fraction of sp³-hybridized carbons (Fsp3) is 0.364. The molecule has 0 fully saturated rings. The van der Waals surface area contributed by atoms with Crippen LogP contribution in [0.15, 0.2) is 35.4 Å². The number of nitrogens with one attached hydrogen (secondary N) is 1. The van der Waals surface area contributed by atoms with Gasteiger partial charge in [-0.3, -0.25) is 4.31 Å². The van der Waals surface area contributed by atoms with Crippen LogP contribution in [0.25, 0.3) is 0 Å². The number of halogens is 1. The second kappa shape index (κ2) is 9.26. The van der Waals surface area contributed by atoms with Gasteiger partial charge in [0.15, 0.2) is 17.3 Å². The molecular weight excluding hydrogens is 451 g/mol. The number of carbonyl (C=O) groups is 1. The van der Waals surface area contributed by atoms with Crippen LogP contribution < -0.4 is 19.1 Å². The summed E-state index contributed by atoms with van der Waals surface area (Å²) in [6.45, 7) is 1.81. The summed E-state index contributed by atoms with van der Waals surface area (Å²) < 4.78 is 51.1. The summed E-state index contributed by atoms with van der Waals surface area (Å²) in [5.74, 6) is -0.494. The molecule has 178 valence electrons. The Morgan fingerprint density at radius 3 is 2.39 bits per heavy atom. The summed E-state index contributed by atoms with van der Waals surface area (Å²) in [6, 6.07) is 7.31. The molecule has 1 heterocycles. The lowest BCUT2D eigenvalue weighted by Crippen LogP contribution is -2.41. The topological polar surface area (TPSA) is 101 Å². The molecule has 2 aromatic carbocycles. The molecule has 0 saturated heterocycles. The van der Waals surface area contributed by atoms with E-state index in [1.54, 1.807) is 30.3 Å². The van der Waals surface area contributed by atoms with Crippen LogP contribution in [0.4, 0.5) is 14.9 Å². The van der Waals surface area contributed by atoms with E-state index in [1.165, 1.54) is 33.3 Å². The van der Waals surface area contributed by atoms with Crippen molar-refractivity contribution in [3.63, 3.8) is 0 Å². The number of urea groups is 1. The quantitative estimate of drug-likeness (QED) is 0.712. The molecule has 0 bridgehead atoms. The number of benzene rings is 2. The second-order valence-electron chi connectivity index (χ2n) is 7.64. The number of anilines is 1. The van der Waals surface area contributed by atoms with Crippen LogP contribution in [-0.2, 0) is 16.4 Å². The molecule has 33 heavy (non-hydrogen) atoms. The average Bonchev–Trinajstić information content (AvgIpc) is 2.93. The fourth-order valence-electron chi connectivity index (χ4n) is 3.66. The molecule has 2 aromatic rings. The minimum absolute atomic E-state index is 0.0709. The number of fused-ring (bicyclic) bond motifs is 1. The largest absolute Gasteiger partial charge is 0.493 e. The summed E-state index contributed by atoms with van der Waals surface area (Å²) in [4.78, 5) is 12.5. The highest BCUT2D eigenvalue weighted by atomic mass is 32.2. The lowest BCUT2D eigenvalue weighted by atomic mass is 9.93. The van der Waals surface area contributed by atoms with Crippen LogP contribution in [0.5, 0.6) is 11.5 Å². The Morgan fingerprint density at radius 1 is 1.24 bits per heavy atom. The number of methoxy groups -OCH3 is 2. The van der Waals surface area contributed by atoms with Gasteiger partial charge in [0.05, 0.1) is 32.2 Å².